The summed E-state index contributed by atoms with van der Waals surface area (Å²) in [5, 5.41) is 3.54. The highest BCUT2D eigenvalue weighted by Crippen LogP contribution is 2.27. The molecule has 30 heavy (non-hydrogen) atoms. The van der Waals surface area contributed by atoms with Crippen LogP contribution in [0.3, 0.4) is 0 Å². The molecule has 8 nitrogen and oxygen atoms in total. The molecule has 0 aliphatic carbocycles. The van der Waals surface area contributed by atoms with Crippen LogP contribution in [0.15, 0.2) is 23.7 Å². The smallest absolute Gasteiger partial charge is 0.410 e. The van der Waals surface area contributed by atoms with Crippen molar-refractivity contribution in [2.24, 2.45) is 10.9 Å². The number of nitrogens with zero attached hydrogens (tertiary/aromatic N) is 5. The van der Waals surface area contributed by atoms with Crippen LogP contribution in [0.4, 0.5) is 4.79 Å². The lowest BCUT2D eigenvalue weighted by Gasteiger charge is -2.40. The van der Waals surface area contributed by atoms with Crippen LogP contribution in [-0.4, -0.2) is 76.3 Å². The van der Waals surface area contributed by atoms with E-state index in [9.17, 15) is 4.79 Å². The molecule has 0 saturated carbocycles. The topological polar surface area (TPSA) is 75.0 Å². The van der Waals surface area contributed by atoms with Gasteiger partial charge in [0.2, 0.25) is 0 Å². The van der Waals surface area contributed by atoms with Gasteiger partial charge < -0.3 is 24.4 Å². The third kappa shape index (κ3) is 5.67. The molecule has 3 unspecified atom stereocenters. The van der Waals surface area contributed by atoms with E-state index in [2.05, 4.69) is 31.7 Å². The molecule has 2 aliphatic rings. The van der Waals surface area contributed by atoms with Crippen molar-refractivity contribution in [3.8, 4) is 0 Å². The predicted molar refractivity (Wildman–Crippen MR) is 119 cm³/mol. The predicted octanol–water partition coefficient (Wildman–Crippen LogP) is 3.13. The lowest BCUT2D eigenvalue weighted by atomic mass is 9.93. The zero-order valence-corrected chi connectivity index (χ0v) is 19.2. The molecular weight excluding hydrogens is 380 g/mol. The second-order valence-electron chi connectivity index (χ2n) is 9.54. The number of imidazole rings is 1. The largest absolute Gasteiger partial charge is 0.444 e. The van der Waals surface area contributed by atoms with Crippen LogP contribution in [0.2, 0.25) is 0 Å². The molecule has 168 valence electrons. The van der Waals surface area contributed by atoms with Crippen molar-refractivity contribution >= 4 is 12.1 Å². The van der Waals surface area contributed by atoms with E-state index in [1.165, 1.54) is 0 Å². The number of amides is 1. The number of ether oxygens (including phenoxy) is 1. The molecule has 8 heteroatoms. The number of hydrogen-bond donors (Lipinski definition) is 1. The maximum absolute atomic E-state index is 12.7. The number of carbonyl (C=O) groups excluding carboxylic acids is 1. The number of nitrogens with one attached hydrogen (secondary N) is 1. The highest BCUT2D eigenvalue weighted by Gasteiger charge is 2.32. The Morgan fingerprint density at radius 1 is 1.27 bits per heavy atom. The van der Waals surface area contributed by atoms with Crippen LogP contribution in [-0.2, 0) is 4.74 Å². The molecule has 0 aromatic carbocycles. The Balaban J connectivity index is 1.60. The van der Waals surface area contributed by atoms with Crippen LogP contribution in [0.5, 0.6) is 0 Å². The number of piperidine rings is 2. The Bertz CT molecular complexity index is 712. The Morgan fingerprint density at radius 3 is 2.73 bits per heavy atom. The van der Waals surface area contributed by atoms with E-state index in [1.807, 2.05) is 51.4 Å². The van der Waals surface area contributed by atoms with E-state index in [0.29, 0.717) is 18.5 Å². The highest BCUT2D eigenvalue weighted by molar-refractivity contribution is 5.80. The molecule has 2 fully saturated rings. The number of aromatic nitrogens is 2. The average Bonchev–Trinajstić information content (AvgIpc) is 3.23. The Kier molecular flexibility index (Phi) is 7.26. The standard InChI is InChI=1S/C22H38N6O2/c1-17-9-12-26(15-19(17)27-13-10-24-16-27)20(23-5)25-14-18-8-6-7-11-28(18)21(29)30-22(2,3)4/h10,13,16-19H,6-9,11-12,14-15H2,1-5H3,(H,23,25). The van der Waals surface area contributed by atoms with E-state index >= 15 is 0 Å². The monoisotopic (exact) mass is 418 g/mol. The number of hydrogen-bond acceptors (Lipinski definition) is 4. The zero-order chi connectivity index (χ0) is 21.7. The summed E-state index contributed by atoms with van der Waals surface area (Å²) in [6.45, 7) is 11.4. The molecule has 2 saturated heterocycles. The molecular formula is C22H38N6O2. The molecule has 1 aromatic rings. The van der Waals surface area contributed by atoms with E-state index in [0.717, 1.165) is 51.3 Å². The minimum Gasteiger partial charge on any atom is -0.444 e. The van der Waals surface area contributed by atoms with Crippen LogP contribution in [0.1, 0.15) is 59.4 Å². The van der Waals surface area contributed by atoms with Crippen LogP contribution in [0.25, 0.3) is 0 Å². The molecule has 0 spiro atoms. The van der Waals surface area contributed by atoms with Gasteiger partial charge in [0.25, 0.3) is 0 Å². The fourth-order valence-corrected chi connectivity index (χ4v) is 4.41. The van der Waals surface area contributed by atoms with Crippen LogP contribution in [0, 0.1) is 5.92 Å². The minimum absolute atomic E-state index is 0.124. The zero-order valence-electron chi connectivity index (χ0n) is 19.2. The Hall–Kier alpha value is -2.25. The third-order valence-electron chi connectivity index (χ3n) is 6.09. The van der Waals surface area contributed by atoms with Crippen molar-refractivity contribution in [1.82, 2.24) is 24.7 Å². The van der Waals surface area contributed by atoms with Crippen molar-refractivity contribution in [1.29, 1.82) is 0 Å². The molecule has 2 aliphatic heterocycles. The van der Waals surface area contributed by atoms with Crippen molar-refractivity contribution in [2.45, 2.75) is 71.1 Å². The lowest BCUT2D eigenvalue weighted by Crippen LogP contribution is -2.54. The van der Waals surface area contributed by atoms with Gasteiger partial charge in [-0.25, -0.2) is 9.78 Å². The molecule has 0 radical (unpaired) electrons. The van der Waals surface area contributed by atoms with Gasteiger partial charge in [0, 0.05) is 45.6 Å². The fourth-order valence-electron chi connectivity index (χ4n) is 4.41. The molecule has 1 N–H and O–H groups in total. The van der Waals surface area contributed by atoms with Crippen molar-refractivity contribution in [3.63, 3.8) is 0 Å². The Labute approximate surface area is 180 Å². The van der Waals surface area contributed by atoms with Gasteiger partial charge in [-0.05, 0) is 52.4 Å². The summed E-state index contributed by atoms with van der Waals surface area (Å²) in [5.74, 6) is 1.50. The summed E-state index contributed by atoms with van der Waals surface area (Å²) >= 11 is 0. The maximum atomic E-state index is 12.7. The highest BCUT2D eigenvalue weighted by atomic mass is 16.6. The van der Waals surface area contributed by atoms with Gasteiger partial charge in [-0.1, -0.05) is 6.92 Å². The van der Waals surface area contributed by atoms with Gasteiger partial charge in [0.1, 0.15) is 5.60 Å². The first-order valence-electron chi connectivity index (χ1n) is 11.2. The fraction of sp³-hybridized carbons (Fsp3) is 0.773. The molecule has 3 heterocycles. The Morgan fingerprint density at radius 2 is 2.07 bits per heavy atom. The summed E-state index contributed by atoms with van der Waals surface area (Å²) in [6.07, 6.45) is 9.83. The van der Waals surface area contributed by atoms with Gasteiger partial charge in [-0.3, -0.25) is 4.99 Å². The van der Waals surface area contributed by atoms with E-state index in [-0.39, 0.29) is 12.1 Å². The molecule has 1 aromatic heterocycles. The summed E-state index contributed by atoms with van der Waals surface area (Å²) in [6, 6.07) is 0.506. The number of likely N-dealkylation sites (tertiary alicyclic amines) is 2. The second-order valence-corrected chi connectivity index (χ2v) is 9.54. The molecule has 0 bridgehead atoms. The van der Waals surface area contributed by atoms with Gasteiger partial charge >= 0.3 is 6.09 Å². The second kappa shape index (κ2) is 9.71. The van der Waals surface area contributed by atoms with E-state index < -0.39 is 5.60 Å². The molecule has 1 amide bonds. The van der Waals surface area contributed by atoms with E-state index in [4.69, 9.17) is 4.74 Å². The normalized spacial score (nSPS) is 25.9. The first kappa shape index (κ1) is 22.4. The number of guanidine groups is 1. The maximum Gasteiger partial charge on any atom is 0.410 e. The summed E-state index contributed by atoms with van der Waals surface area (Å²) in [4.78, 5) is 25.6. The minimum atomic E-state index is -0.477. The summed E-state index contributed by atoms with van der Waals surface area (Å²) in [7, 11) is 1.83. The quantitative estimate of drug-likeness (QED) is 0.603. The van der Waals surface area contributed by atoms with Crippen LogP contribution < -0.4 is 5.32 Å². The van der Waals surface area contributed by atoms with Crippen molar-refractivity contribution in [3.05, 3.63) is 18.7 Å². The number of rotatable bonds is 3. The van der Waals surface area contributed by atoms with Crippen molar-refractivity contribution in [2.75, 3.05) is 33.2 Å². The van der Waals surface area contributed by atoms with Crippen molar-refractivity contribution < 1.29 is 9.53 Å². The number of carbonyl (C=O) groups is 1. The molecule has 3 rings (SSSR count). The van der Waals surface area contributed by atoms with E-state index in [1.54, 1.807) is 0 Å². The SMILES string of the molecule is CN=C(NCC1CCCCN1C(=O)OC(C)(C)C)N1CCC(C)C(n2ccnc2)C1. The van der Waals surface area contributed by atoms with Gasteiger partial charge in [0.15, 0.2) is 5.96 Å². The third-order valence-corrected chi connectivity index (χ3v) is 6.09. The first-order valence-corrected chi connectivity index (χ1v) is 11.2. The molecule has 3 atom stereocenters. The average molecular weight is 419 g/mol. The summed E-state index contributed by atoms with van der Waals surface area (Å²) in [5.41, 5.74) is -0.477. The summed E-state index contributed by atoms with van der Waals surface area (Å²) < 4.78 is 7.84. The van der Waals surface area contributed by atoms with Gasteiger partial charge in [0.05, 0.1) is 18.4 Å². The number of aliphatic imine (C=N–C) groups is 1. The first-order chi connectivity index (χ1) is 14.3. The lowest BCUT2D eigenvalue weighted by molar-refractivity contribution is 0.0103. The van der Waals surface area contributed by atoms with Crippen LogP contribution >= 0.6 is 0 Å². The van der Waals surface area contributed by atoms with Gasteiger partial charge in [-0.15, -0.1) is 0 Å². The van der Waals surface area contributed by atoms with Gasteiger partial charge in [-0.2, -0.15) is 0 Å².